The quantitative estimate of drug-likeness (QED) is 0.656. The van der Waals surface area contributed by atoms with Crippen LogP contribution >= 0.6 is 45.2 Å². The molecule has 1 aromatic carbocycles. The third-order valence-corrected chi connectivity index (χ3v) is 6.02. The summed E-state index contributed by atoms with van der Waals surface area (Å²) in [5.41, 5.74) is 2.27. The van der Waals surface area contributed by atoms with E-state index in [-0.39, 0.29) is 17.6 Å². The number of nitrogens with zero attached hydrogens (tertiary/aromatic N) is 1. The minimum Gasteiger partial charge on any atom is -0.327 e. The smallest absolute Gasteiger partial charge is 0.241 e. The van der Waals surface area contributed by atoms with Crippen LogP contribution in [0.25, 0.3) is 0 Å². The average Bonchev–Trinajstić information content (AvgIpc) is 2.50. The Hall–Kier alpha value is 0.110. The van der Waals surface area contributed by atoms with Gasteiger partial charge in [0.2, 0.25) is 5.91 Å². The van der Waals surface area contributed by atoms with Crippen LogP contribution in [-0.4, -0.2) is 29.6 Å². The van der Waals surface area contributed by atoms with E-state index in [0.29, 0.717) is 0 Å². The molecule has 19 heavy (non-hydrogen) atoms. The topological polar surface area (TPSA) is 32.3 Å². The Kier molecular flexibility index (Phi) is 4.47. The van der Waals surface area contributed by atoms with E-state index in [1.807, 2.05) is 20.9 Å². The summed E-state index contributed by atoms with van der Waals surface area (Å²) in [6, 6.07) is 4.24. The summed E-state index contributed by atoms with van der Waals surface area (Å²) in [5, 5.41) is 3.40. The fraction of sp³-hybridized carbons (Fsp3) is 0.500. The van der Waals surface area contributed by atoms with Crippen molar-refractivity contribution >= 4 is 51.1 Å². The van der Waals surface area contributed by atoms with Crippen molar-refractivity contribution in [1.82, 2.24) is 10.2 Å². The Bertz CT molecular complexity index is 505. The van der Waals surface area contributed by atoms with Gasteiger partial charge in [-0.2, -0.15) is 0 Å². The van der Waals surface area contributed by atoms with Crippen molar-refractivity contribution in [2.24, 2.45) is 0 Å². The number of benzene rings is 1. The Morgan fingerprint density at radius 2 is 1.84 bits per heavy atom. The number of likely N-dealkylation sites (N-methyl/N-ethyl adjacent to an activating group) is 1. The van der Waals surface area contributed by atoms with Crippen molar-refractivity contribution in [2.45, 2.75) is 38.9 Å². The minimum absolute atomic E-state index is 0.116. The highest BCUT2D eigenvalue weighted by atomic mass is 127. The van der Waals surface area contributed by atoms with Crippen molar-refractivity contribution in [2.75, 3.05) is 7.05 Å². The highest BCUT2D eigenvalue weighted by Gasteiger charge is 2.41. The first-order valence-corrected chi connectivity index (χ1v) is 8.38. The Labute approximate surface area is 141 Å². The lowest BCUT2D eigenvalue weighted by molar-refractivity contribution is -0.129. The van der Waals surface area contributed by atoms with Crippen LogP contribution in [0, 0.1) is 14.1 Å². The second kappa shape index (κ2) is 5.48. The van der Waals surface area contributed by atoms with Gasteiger partial charge in [-0.3, -0.25) is 10.1 Å². The van der Waals surface area contributed by atoms with Crippen LogP contribution in [0.1, 0.15) is 25.0 Å². The van der Waals surface area contributed by atoms with Crippen LogP contribution in [0.5, 0.6) is 0 Å². The standard InChI is InChI=1S/C14H18I2N2O/c1-8-10(15)5-9(6-11(8)16)7-12-13(19)18(4)14(2,3)17-12/h5-6,12,17H,7H2,1-4H3/t12-/m0/s1. The fourth-order valence-corrected chi connectivity index (χ4v) is 4.18. The summed E-state index contributed by atoms with van der Waals surface area (Å²) in [6.45, 7) is 6.20. The maximum absolute atomic E-state index is 12.2. The van der Waals surface area contributed by atoms with E-state index in [2.05, 4.69) is 69.6 Å². The van der Waals surface area contributed by atoms with Crippen LogP contribution in [0.2, 0.25) is 0 Å². The molecule has 0 aromatic heterocycles. The Balaban J connectivity index is 2.21. The van der Waals surface area contributed by atoms with Gasteiger partial charge in [-0.15, -0.1) is 0 Å². The average molecular weight is 484 g/mol. The van der Waals surface area contributed by atoms with Gasteiger partial charge in [-0.1, -0.05) is 0 Å². The third kappa shape index (κ3) is 3.07. The number of carbonyl (C=O) groups excluding carboxylic acids is 1. The molecule has 5 heteroatoms. The summed E-state index contributed by atoms with van der Waals surface area (Å²) in [6.07, 6.45) is 0.749. The molecule has 0 bridgehead atoms. The number of nitrogens with one attached hydrogen (secondary N) is 1. The number of carbonyl (C=O) groups is 1. The van der Waals surface area contributed by atoms with Gasteiger partial charge in [0.05, 0.1) is 11.7 Å². The first-order valence-electron chi connectivity index (χ1n) is 6.22. The maximum atomic E-state index is 12.2. The summed E-state index contributed by atoms with van der Waals surface area (Å²) >= 11 is 4.72. The molecular weight excluding hydrogens is 466 g/mol. The van der Waals surface area contributed by atoms with E-state index in [1.165, 1.54) is 18.3 Å². The number of hydrogen-bond donors (Lipinski definition) is 1. The molecule has 1 heterocycles. The molecule has 1 aromatic rings. The van der Waals surface area contributed by atoms with Crippen molar-refractivity contribution in [3.8, 4) is 0 Å². The zero-order valence-corrected chi connectivity index (χ0v) is 15.9. The normalized spacial score (nSPS) is 22.1. The molecule has 0 saturated carbocycles. The molecule has 0 unspecified atom stereocenters. The van der Waals surface area contributed by atoms with Crippen molar-refractivity contribution in [3.05, 3.63) is 30.4 Å². The highest BCUT2D eigenvalue weighted by Crippen LogP contribution is 2.24. The lowest BCUT2D eigenvalue weighted by atomic mass is 10.0. The van der Waals surface area contributed by atoms with Crippen LogP contribution < -0.4 is 5.32 Å². The van der Waals surface area contributed by atoms with Gasteiger partial charge in [0.1, 0.15) is 0 Å². The van der Waals surface area contributed by atoms with Crippen LogP contribution in [0.4, 0.5) is 0 Å². The molecule has 0 spiro atoms. The van der Waals surface area contributed by atoms with Gasteiger partial charge in [-0.05, 0) is 95.6 Å². The van der Waals surface area contributed by atoms with E-state index in [9.17, 15) is 4.79 Å². The molecular formula is C14H18I2N2O. The predicted octanol–water partition coefficient (Wildman–Crippen LogP) is 2.91. The lowest BCUT2D eigenvalue weighted by Gasteiger charge is -2.27. The Morgan fingerprint density at radius 1 is 1.32 bits per heavy atom. The van der Waals surface area contributed by atoms with Crippen LogP contribution in [-0.2, 0) is 11.2 Å². The zero-order valence-electron chi connectivity index (χ0n) is 11.6. The fourth-order valence-electron chi connectivity index (χ4n) is 2.28. The van der Waals surface area contributed by atoms with Gasteiger partial charge < -0.3 is 4.90 Å². The molecule has 1 aliphatic heterocycles. The maximum Gasteiger partial charge on any atom is 0.241 e. The van der Waals surface area contributed by atoms with Crippen LogP contribution in [0.15, 0.2) is 12.1 Å². The summed E-state index contributed by atoms with van der Waals surface area (Å²) in [7, 11) is 1.86. The molecule has 1 atom stereocenters. The van der Waals surface area contributed by atoms with Crippen LogP contribution in [0.3, 0.4) is 0 Å². The lowest BCUT2D eigenvalue weighted by Crippen LogP contribution is -2.45. The van der Waals surface area contributed by atoms with Crippen molar-refractivity contribution in [1.29, 1.82) is 0 Å². The predicted molar refractivity (Wildman–Crippen MR) is 94.1 cm³/mol. The molecule has 2 rings (SSSR count). The number of amides is 1. The molecule has 3 nitrogen and oxygen atoms in total. The Morgan fingerprint density at radius 3 is 2.26 bits per heavy atom. The van der Waals surface area contributed by atoms with Crippen molar-refractivity contribution < 1.29 is 4.79 Å². The van der Waals surface area contributed by atoms with E-state index in [0.717, 1.165) is 6.42 Å². The van der Waals surface area contributed by atoms with E-state index >= 15 is 0 Å². The molecule has 0 radical (unpaired) electrons. The summed E-state index contributed by atoms with van der Waals surface area (Å²) < 4.78 is 2.52. The molecule has 104 valence electrons. The summed E-state index contributed by atoms with van der Waals surface area (Å²) in [5.74, 6) is 0.176. The van der Waals surface area contributed by atoms with Crippen molar-refractivity contribution in [3.63, 3.8) is 0 Å². The second-order valence-corrected chi connectivity index (χ2v) is 7.87. The highest BCUT2D eigenvalue weighted by molar-refractivity contribution is 14.1. The monoisotopic (exact) mass is 484 g/mol. The molecule has 0 aliphatic carbocycles. The number of rotatable bonds is 2. The summed E-state index contributed by atoms with van der Waals surface area (Å²) in [4.78, 5) is 14.0. The van der Waals surface area contributed by atoms with E-state index < -0.39 is 0 Å². The molecule has 1 N–H and O–H groups in total. The first-order chi connectivity index (χ1) is 8.72. The molecule has 1 amide bonds. The molecule has 1 aliphatic rings. The second-order valence-electron chi connectivity index (χ2n) is 5.54. The van der Waals surface area contributed by atoms with Gasteiger partial charge in [-0.25, -0.2) is 0 Å². The van der Waals surface area contributed by atoms with E-state index in [1.54, 1.807) is 4.90 Å². The number of hydrogen-bond acceptors (Lipinski definition) is 2. The molecule has 1 fully saturated rings. The first kappa shape index (κ1) is 15.5. The van der Waals surface area contributed by atoms with Gasteiger partial charge in [0.25, 0.3) is 0 Å². The SMILES string of the molecule is Cc1c(I)cc(C[C@@H]2NC(C)(C)N(C)C2=O)cc1I. The van der Waals surface area contributed by atoms with E-state index in [4.69, 9.17) is 0 Å². The van der Waals surface area contributed by atoms with Gasteiger partial charge in [0, 0.05) is 14.2 Å². The largest absolute Gasteiger partial charge is 0.327 e. The zero-order chi connectivity index (χ0) is 14.4. The van der Waals surface area contributed by atoms with Gasteiger partial charge in [0.15, 0.2) is 0 Å². The third-order valence-electron chi connectivity index (χ3n) is 3.78. The molecule has 1 saturated heterocycles. The van der Waals surface area contributed by atoms with Gasteiger partial charge >= 0.3 is 0 Å². The number of halogens is 2. The minimum atomic E-state index is -0.257.